The SMILES string of the molecule is CN(C)CCn1nccc1Nc1nccc(-c2cccc(-c3cc(C4(O)CCN(C)C4=O)on3)n2)n1. The molecule has 1 amide bonds. The molecule has 0 aliphatic carbocycles. The molecule has 5 rings (SSSR count). The standard InChI is InChI=1S/C24H27N9O3/c1-31(2)13-14-33-21(8-11-26-33)29-23-25-10-7-18(28-23)16-5-4-6-17(27-16)19-15-20(36-30-19)24(35)9-12-32(3)22(24)34/h4-8,10-11,15,35H,9,12-14H2,1-3H3,(H,25,28,29). The van der Waals surface area contributed by atoms with Gasteiger partial charge in [0.25, 0.3) is 5.91 Å². The maximum absolute atomic E-state index is 12.4. The summed E-state index contributed by atoms with van der Waals surface area (Å²) in [5.41, 5.74) is 0.464. The molecule has 36 heavy (non-hydrogen) atoms. The van der Waals surface area contributed by atoms with Gasteiger partial charge in [0.2, 0.25) is 11.5 Å². The highest BCUT2D eigenvalue weighted by Gasteiger charge is 2.48. The van der Waals surface area contributed by atoms with Gasteiger partial charge >= 0.3 is 0 Å². The van der Waals surface area contributed by atoms with Crippen LogP contribution in [0.15, 0.2) is 53.3 Å². The minimum Gasteiger partial charge on any atom is -0.373 e. The highest BCUT2D eigenvalue weighted by Crippen LogP contribution is 2.34. The monoisotopic (exact) mass is 489 g/mol. The number of nitrogens with one attached hydrogen (secondary N) is 1. The van der Waals surface area contributed by atoms with Crippen molar-refractivity contribution in [3.05, 3.63) is 54.6 Å². The van der Waals surface area contributed by atoms with E-state index in [-0.39, 0.29) is 12.2 Å². The molecule has 12 nitrogen and oxygen atoms in total. The topological polar surface area (TPSA) is 138 Å². The van der Waals surface area contributed by atoms with Crippen molar-refractivity contribution in [2.75, 3.05) is 39.5 Å². The molecule has 1 saturated heterocycles. The number of nitrogens with zero attached hydrogens (tertiary/aromatic N) is 8. The average molecular weight is 490 g/mol. The largest absolute Gasteiger partial charge is 0.373 e. The molecule has 0 saturated carbocycles. The lowest BCUT2D eigenvalue weighted by Crippen LogP contribution is -2.35. The summed E-state index contributed by atoms with van der Waals surface area (Å²) in [5, 5.41) is 22.5. The van der Waals surface area contributed by atoms with Gasteiger partial charge in [-0.05, 0) is 32.3 Å². The Balaban J connectivity index is 1.37. The van der Waals surface area contributed by atoms with Gasteiger partial charge in [0.15, 0.2) is 5.76 Å². The van der Waals surface area contributed by atoms with Crippen LogP contribution >= 0.6 is 0 Å². The summed E-state index contributed by atoms with van der Waals surface area (Å²) in [7, 11) is 5.67. The Hall–Kier alpha value is -4.16. The Morgan fingerprint density at radius 1 is 1.11 bits per heavy atom. The number of hydrogen-bond acceptors (Lipinski definition) is 10. The number of pyridine rings is 1. The molecule has 1 aliphatic rings. The van der Waals surface area contributed by atoms with Crippen molar-refractivity contribution in [2.24, 2.45) is 0 Å². The zero-order chi connectivity index (χ0) is 25.3. The number of carbonyl (C=O) groups is 1. The summed E-state index contributed by atoms with van der Waals surface area (Å²) >= 11 is 0. The van der Waals surface area contributed by atoms with Crippen LogP contribution in [-0.2, 0) is 16.9 Å². The summed E-state index contributed by atoms with van der Waals surface area (Å²) < 4.78 is 7.22. The molecule has 5 heterocycles. The van der Waals surface area contributed by atoms with Crippen LogP contribution in [0.1, 0.15) is 12.2 Å². The van der Waals surface area contributed by atoms with E-state index in [2.05, 4.69) is 35.4 Å². The zero-order valence-electron chi connectivity index (χ0n) is 20.3. The van der Waals surface area contributed by atoms with Crippen LogP contribution in [0.4, 0.5) is 11.8 Å². The van der Waals surface area contributed by atoms with E-state index in [1.54, 1.807) is 37.6 Å². The van der Waals surface area contributed by atoms with Gasteiger partial charge in [-0.2, -0.15) is 5.10 Å². The number of likely N-dealkylation sites (N-methyl/N-ethyl adjacent to an activating group) is 2. The van der Waals surface area contributed by atoms with Crippen molar-refractivity contribution in [1.29, 1.82) is 0 Å². The van der Waals surface area contributed by atoms with Crippen molar-refractivity contribution >= 4 is 17.7 Å². The van der Waals surface area contributed by atoms with Crippen molar-refractivity contribution in [1.82, 2.24) is 39.7 Å². The number of likely N-dealkylation sites (tertiary alicyclic amines) is 1. The molecule has 12 heteroatoms. The predicted molar refractivity (Wildman–Crippen MR) is 131 cm³/mol. The number of anilines is 2. The molecule has 1 unspecified atom stereocenters. The highest BCUT2D eigenvalue weighted by molar-refractivity contribution is 5.87. The van der Waals surface area contributed by atoms with Crippen molar-refractivity contribution in [3.63, 3.8) is 0 Å². The number of rotatable bonds is 8. The summed E-state index contributed by atoms with van der Waals surface area (Å²) in [4.78, 5) is 29.6. The van der Waals surface area contributed by atoms with Gasteiger partial charge in [-0.1, -0.05) is 11.2 Å². The van der Waals surface area contributed by atoms with E-state index in [9.17, 15) is 9.90 Å². The molecule has 1 fully saturated rings. The van der Waals surface area contributed by atoms with Gasteiger partial charge in [0.1, 0.15) is 11.5 Å². The number of hydrogen-bond donors (Lipinski definition) is 2. The zero-order valence-corrected chi connectivity index (χ0v) is 20.3. The fourth-order valence-electron chi connectivity index (χ4n) is 3.98. The van der Waals surface area contributed by atoms with E-state index < -0.39 is 11.5 Å². The van der Waals surface area contributed by atoms with Crippen LogP contribution in [0, 0.1) is 0 Å². The molecule has 1 atom stereocenters. The van der Waals surface area contributed by atoms with Crippen LogP contribution in [0.25, 0.3) is 22.8 Å². The number of aromatic nitrogens is 6. The highest BCUT2D eigenvalue weighted by atomic mass is 16.5. The van der Waals surface area contributed by atoms with Gasteiger partial charge in [0, 0.05) is 44.9 Å². The lowest BCUT2D eigenvalue weighted by Gasteiger charge is -2.16. The van der Waals surface area contributed by atoms with Crippen molar-refractivity contribution in [2.45, 2.75) is 18.6 Å². The summed E-state index contributed by atoms with van der Waals surface area (Å²) in [6, 6.07) is 10.6. The molecule has 186 valence electrons. The third kappa shape index (κ3) is 4.55. The Labute approximate surface area is 207 Å². The average Bonchev–Trinajstić information content (AvgIpc) is 3.61. The first kappa shape index (κ1) is 23.6. The molecule has 2 N–H and O–H groups in total. The molecule has 0 spiro atoms. The maximum atomic E-state index is 12.4. The lowest BCUT2D eigenvalue weighted by atomic mass is 9.98. The predicted octanol–water partition coefficient (Wildman–Crippen LogP) is 1.74. The van der Waals surface area contributed by atoms with Crippen LogP contribution < -0.4 is 5.32 Å². The molecule has 0 bridgehead atoms. The molecular formula is C24H27N9O3. The van der Waals surface area contributed by atoms with E-state index in [4.69, 9.17) is 4.52 Å². The summed E-state index contributed by atoms with van der Waals surface area (Å²) in [5.74, 6) is 0.909. The summed E-state index contributed by atoms with van der Waals surface area (Å²) in [6.07, 6.45) is 3.63. The van der Waals surface area contributed by atoms with Crippen LogP contribution in [0.2, 0.25) is 0 Å². The van der Waals surface area contributed by atoms with E-state index in [0.29, 0.717) is 35.3 Å². The minimum absolute atomic E-state index is 0.110. The molecule has 0 radical (unpaired) electrons. The van der Waals surface area contributed by atoms with Gasteiger partial charge in [0.05, 0.1) is 29.8 Å². The van der Waals surface area contributed by atoms with E-state index in [1.807, 2.05) is 37.0 Å². The Kier molecular flexibility index (Phi) is 6.20. The minimum atomic E-state index is -1.70. The lowest BCUT2D eigenvalue weighted by molar-refractivity contribution is -0.144. The van der Waals surface area contributed by atoms with Gasteiger partial charge in [-0.15, -0.1) is 0 Å². The quantitative estimate of drug-likeness (QED) is 0.376. The summed E-state index contributed by atoms with van der Waals surface area (Å²) in [6.45, 7) is 2.02. The second-order valence-electron chi connectivity index (χ2n) is 8.95. The van der Waals surface area contributed by atoms with Crippen molar-refractivity contribution < 1.29 is 14.4 Å². The third-order valence-corrected chi connectivity index (χ3v) is 6.07. The van der Waals surface area contributed by atoms with E-state index >= 15 is 0 Å². The molecular weight excluding hydrogens is 462 g/mol. The Morgan fingerprint density at radius 2 is 1.89 bits per heavy atom. The third-order valence-electron chi connectivity index (χ3n) is 6.07. The second-order valence-corrected chi connectivity index (χ2v) is 8.95. The Bertz CT molecular complexity index is 1380. The normalized spacial score (nSPS) is 17.8. The first-order valence-corrected chi connectivity index (χ1v) is 11.5. The maximum Gasteiger partial charge on any atom is 0.262 e. The van der Waals surface area contributed by atoms with E-state index in [0.717, 1.165) is 18.9 Å². The van der Waals surface area contributed by atoms with Gasteiger partial charge in [-0.25, -0.2) is 19.6 Å². The molecule has 1 aliphatic heterocycles. The number of aliphatic hydroxyl groups is 1. The second kappa shape index (κ2) is 9.47. The van der Waals surface area contributed by atoms with Gasteiger partial charge in [-0.3, -0.25) is 4.79 Å². The fraction of sp³-hybridized carbons (Fsp3) is 0.333. The molecule has 0 aromatic carbocycles. The molecule has 4 aromatic rings. The number of amides is 1. The van der Waals surface area contributed by atoms with Crippen LogP contribution in [0.3, 0.4) is 0 Å². The smallest absolute Gasteiger partial charge is 0.262 e. The van der Waals surface area contributed by atoms with E-state index in [1.165, 1.54) is 4.90 Å². The van der Waals surface area contributed by atoms with Crippen LogP contribution in [0.5, 0.6) is 0 Å². The molecule has 4 aromatic heterocycles. The van der Waals surface area contributed by atoms with Gasteiger partial charge < -0.3 is 24.7 Å². The van der Waals surface area contributed by atoms with Crippen LogP contribution in [-0.4, -0.2) is 84.9 Å². The first-order valence-electron chi connectivity index (χ1n) is 11.5. The first-order chi connectivity index (χ1) is 17.3. The Morgan fingerprint density at radius 3 is 2.64 bits per heavy atom. The number of carbonyl (C=O) groups excluding carboxylic acids is 1. The fourth-order valence-corrected chi connectivity index (χ4v) is 3.98. The van der Waals surface area contributed by atoms with Crippen molar-refractivity contribution in [3.8, 4) is 22.8 Å².